The normalized spacial score (nSPS) is 14.9. The fraction of sp³-hybridized carbons (Fsp3) is 0.385. The summed E-state index contributed by atoms with van der Waals surface area (Å²) in [6.07, 6.45) is 0.508. The zero-order chi connectivity index (χ0) is 14.0. The molecule has 1 aromatic rings. The minimum atomic E-state index is -0.501. The Bertz CT molecular complexity index is 531. The monoisotopic (exact) mass is 301 g/mol. The molecule has 1 aromatic carbocycles. The van der Waals surface area contributed by atoms with Gasteiger partial charge >= 0.3 is 5.97 Å². The van der Waals surface area contributed by atoms with Crippen LogP contribution in [0.2, 0.25) is 10.0 Å². The van der Waals surface area contributed by atoms with Gasteiger partial charge in [0.2, 0.25) is 0 Å². The third-order valence-corrected chi connectivity index (χ3v) is 3.80. The van der Waals surface area contributed by atoms with Crippen LogP contribution in [0.15, 0.2) is 12.1 Å². The SMILES string of the molecule is CCOC(=O)c1ccc(N2CCC(=O)C2)c(Cl)c1Cl. The number of nitrogens with zero attached hydrogens (tertiary/aromatic N) is 1. The Kier molecular flexibility index (Phi) is 4.32. The van der Waals surface area contributed by atoms with Crippen LogP contribution >= 0.6 is 23.2 Å². The standard InChI is InChI=1S/C13H13Cl2NO3/c1-2-19-13(18)9-3-4-10(12(15)11(9)14)16-6-5-8(17)7-16/h3-4H,2,5-7H2,1H3. The zero-order valence-electron chi connectivity index (χ0n) is 10.4. The van der Waals surface area contributed by atoms with Crippen LogP contribution in [0.25, 0.3) is 0 Å². The smallest absolute Gasteiger partial charge is 0.339 e. The van der Waals surface area contributed by atoms with Gasteiger partial charge in [0.15, 0.2) is 5.78 Å². The van der Waals surface area contributed by atoms with Crippen molar-refractivity contribution >= 4 is 40.6 Å². The highest BCUT2D eigenvalue weighted by Gasteiger charge is 2.24. The van der Waals surface area contributed by atoms with Gasteiger partial charge in [0.1, 0.15) is 0 Å². The second kappa shape index (κ2) is 5.80. The van der Waals surface area contributed by atoms with E-state index in [4.69, 9.17) is 27.9 Å². The maximum Gasteiger partial charge on any atom is 0.339 e. The number of ketones is 1. The minimum absolute atomic E-state index is 0.164. The molecule has 6 heteroatoms. The number of esters is 1. The van der Waals surface area contributed by atoms with E-state index in [2.05, 4.69) is 0 Å². The predicted molar refractivity (Wildman–Crippen MR) is 74.3 cm³/mol. The average molecular weight is 302 g/mol. The quantitative estimate of drug-likeness (QED) is 0.805. The molecule has 0 saturated carbocycles. The summed E-state index contributed by atoms with van der Waals surface area (Å²) in [6.45, 7) is 2.94. The predicted octanol–water partition coefficient (Wildman–Crippen LogP) is 2.95. The molecular weight excluding hydrogens is 289 g/mol. The molecule has 2 rings (SSSR count). The number of carbonyl (C=O) groups excluding carboxylic acids is 2. The molecule has 0 radical (unpaired) electrons. The van der Waals surface area contributed by atoms with Crippen LogP contribution in [0, 0.1) is 0 Å². The first kappa shape index (κ1) is 14.2. The molecule has 0 aliphatic carbocycles. The first-order valence-electron chi connectivity index (χ1n) is 5.96. The molecular formula is C13H13Cl2NO3. The van der Waals surface area contributed by atoms with E-state index in [1.165, 1.54) is 0 Å². The molecule has 1 fully saturated rings. The molecule has 0 bridgehead atoms. The fourth-order valence-electron chi connectivity index (χ4n) is 1.99. The Morgan fingerprint density at radius 2 is 2.11 bits per heavy atom. The highest BCUT2D eigenvalue weighted by atomic mass is 35.5. The van der Waals surface area contributed by atoms with Crippen molar-refractivity contribution in [3.05, 3.63) is 27.7 Å². The van der Waals surface area contributed by atoms with Crippen molar-refractivity contribution in [2.24, 2.45) is 0 Å². The van der Waals surface area contributed by atoms with Crippen molar-refractivity contribution in [1.29, 1.82) is 0 Å². The van der Waals surface area contributed by atoms with Crippen molar-refractivity contribution in [2.45, 2.75) is 13.3 Å². The summed E-state index contributed by atoms with van der Waals surface area (Å²) in [5.41, 5.74) is 0.911. The van der Waals surface area contributed by atoms with E-state index in [1.807, 2.05) is 4.90 Å². The van der Waals surface area contributed by atoms with E-state index >= 15 is 0 Å². The summed E-state index contributed by atoms with van der Waals surface area (Å²) in [4.78, 5) is 24.8. The summed E-state index contributed by atoms with van der Waals surface area (Å²) < 4.78 is 4.90. The molecule has 1 saturated heterocycles. The Morgan fingerprint density at radius 1 is 1.37 bits per heavy atom. The van der Waals surface area contributed by atoms with Gasteiger partial charge in [0.05, 0.1) is 34.4 Å². The van der Waals surface area contributed by atoms with Gasteiger partial charge in [-0.25, -0.2) is 4.79 Å². The van der Waals surface area contributed by atoms with Crippen LogP contribution in [-0.4, -0.2) is 31.4 Å². The molecule has 0 unspecified atom stereocenters. The lowest BCUT2D eigenvalue weighted by Crippen LogP contribution is -2.20. The summed E-state index contributed by atoms with van der Waals surface area (Å²) in [6, 6.07) is 3.27. The Morgan fingerprint density at radius 3 is 2.68 bits per heavy atom. The molecule has 19 heavy (non-hydrogen) atoms. The van der Waals surface area contributed by atoms with Crippen molar-refractivity contribution in [3.63, 3.8) is 0 Å². The lowest BCUT2D eigenvalue weighted by molar-refractivity contribution is -0.116. The van der Waals surface area contributed by atoms with E-state index in [0.717, 1.165) is 0 Å². The van der Waals surface area contributed by atoms with Gasteiger partial charge in [-0.05, 0) is 19.1 Å². The number of hydrogen-bond acceptors (Lipinski definition) is 4. The Hall–Kier alpha value is -1.26. The summed E-state index contributed by atoms with van der Waals surface area (Å²) >= 11 is 12.3. The third-order valence-electron chi connectivity index (χ3n) is 2.93. The Labute approximate surface area is 121 Å². The Balaban J connectivity index is 2.32. The van der Waals surface area contributed by atoms with Crippen molar-refractivity contribution < 1.29 is 14.3 Å². The van der Waals surface area contributed by atoms with Gasteiger partial charge in [0, 0.05) is 13.0 Å². The number of rotatable bonds is 3. The van der Waals surface area contributed by atoms with Crippen molar-refractivity contribution in [1.82, 2.24) is 0 Å². The van der Waals surface area contributed by atoms with Gasteiger partial charge in [-0.15, -0.1) is 0 Å². The highest BCUT2D eigenvalue weighted by Crippen LogP contribution is 2.36. The van der Waals surface area contributed by atoms with Crippen molar-refractivity contribution in [2.75, 3.05) is 24.6 Å². The summed E-state index contributed by atoms with van der Waals surface area (Å²) in [5.74, 6) is -0.333. The second-order valence-electron chi connectivity index (χ2n) is 4.19. The molecule has 0 N–H and O–H groups in total. The maximum atomic E-state index is 11.7. The number of Topliss-reactive ketones (excluding diaryl/α,β-unsaturated/α-hetero) is 1. The number of benzene rings is 1. The van der Waals surface area contributed by atoms with E-state index in [9.17, 15) is 9.59 Å². The third kappa shape index (κ3) is 2.85. The van der Waals surface area contributed by atoms with Gasteiger partial charge in [-0.2, -0.15) is 0 Å². The minimum Gasteiger partial charge on any atom is -0.462 e. The van der Waals surface area contributed by atoms with E-state index in [-0.39, 0.29) is 28.0 Å². The second-order valence-corrected chi connectivity index (χ2v) is 4.95. The molecule has 4 nitrogen and oxygen atoms in total. The van der Waals surface area contributed by atoms with Gasteiger partial charge in [-0.1, -0.05) is 23.2 Å². The molecule has 0 amide bonds. The zero-order valence-corrected chi connectivity index (χ0v) is 11.9. The molecule has 1 aliphatic heterocycles. The number of anilines is 1. The number of hydrogen-bond donors (Lipinski definition) is 0. The topological polar surface area (TPSA) is 46.6 Å². The molecule has 1 heterocycles. The first-order chi connectivity index (χ1) is 9.04. The molecule has 0 spiro atoms. The van der Waals surface area contributed by atoms with Crippen LogP contribution in [0.3, 0.4) is 0 Å². The van der Waals surface area contributed by atoms with Crippen molar-refractivity contribution in [3.8, 4) is 0 Å². The molecule has 0 atom stereocenters. The summed E-state index contributed by atoms with van der Waals surface area (Å²) in [5, 5.41) is 0.443. The van der Waals surface area contributed by atoms with Crippen LogP contribution in [-0.2, 0) is 9.53 Å². The van der Waals surface area contributed by atoms with Gasteiger partial charge in [-0.3, -0.25) is 4.79 Å². The van der Waals surface area contributed by atoms with E-state index in [0.29, 0.717) is 25.2 Å². The lowest BCUT2D eigenvalue weighted by atomic mass is 10.2. The molecule has 0 aromatic heterocycles. The lowest BCUT2D eigenvalue weighted by Gasteiger charge is -2.19. The van der Waals surface area contributed by atoms with E-state index < -0.39 is 5.97 Å². The molecule has 1 aliphatic rings. The van der Waals surface area contributed by atoms with Crippen LogP contribution < -0.4 is 4.90 Å². The largest absolute Gasteiger partial charge is 0.462 e. The fourth-order valence-corrected chi connectivity index (χ4v) is 2.51. The number of ether oxygens (including phenoxy) is 1. The number of carbonyl (C=O) groups is 2. The molecule has 102 valence electrons. The van der Waals surface area contributed by atoms with Crippen LogP contribution in [0.5, 0.6) is 0 Å². The summed E-state index contributed by atoms with van der Waals surface area (Å²) in [7, 11) is 0. The van der Waals surface area contributed by atoms with Crippen LogP contribution in [0.4, 0.5) is 5.69 Å². The highest BCUT2D eigenvalue weighted by molar-refractivity contribution is 6.45. The van der Waals surface area contributed by atoms with Crippen LogP contribution in [0.1, 0.15) is 23.7 Å². The van der Waals surface area contributed by atoms with Gasteiger partial charge in [0.25, 0.3) is 0 Å². The average Bonchev–Trinajstić information content (AvgIpc) is 2.79. The van der Waals surface area contributed by atoms with Gasteiger partial charge < -0.3 is 9.64 Å². The maximum absolute atomic E-state index is 11.7. The first-order valence-corrected chi connectivity index (χ1v) is 6.72. The number of halogens is 2. The van der Waals surface area contributed by atoms with E-state index in [1.54, 1.807) is 19.1 Å².